The number of pyridine rings is 1. The molecule has 0 radical (unpaired) electrons. The monoisotopic (exact) mass is 397 g/mol. The van der Waals surface area contributed by atoms with Crippen molar-refractivity contribution in [3.05, 3.63) is 36.0 Å². The number of nitrogens with zero attached hydrogens (tertiary/aromatic N) is 5. The first-order valence-corrected chi connectivity index (χ1v) is 10.6. The van der Waals surface area contributed by atoms with Crippen LogP contribution in [0.2, 0.25) is 0 Å². The second kappa shape index (κ2) is 5.50. The molecule has 0 spiro atoms. The van der Waals surface area contributed by atoms with Crippen LogP contribution in [0.1, 0.15) is 12.0 Å². The van der Waals surface area contributed by atoms with E-state index in [0.29, 0.717) is 28.6 Å². The third-order valence-electron chi connectivity index (χ3n) is 5.75. The minimum atomic E-state index is -3.46. The summed E-state index contributed by atoms with van der Waals surface area (Å²) in [7, 11) is -3.46. The predicted octanol–water partition coefficient (Wildman–Crippen LogP) is 0.660. The van der Waals surface area contributed by atoms with Gasteiger partial charge in [-0.2, -0.15) is 9.57 Å². The third kappa shape index (κ3) is 2.08. The van der Waals surface area contributed by atoms with Crippen LogP contribution in [-0.2, 0) is 14.8 Å². The zero-order valence-corrected chi connectivity index (χ0v) is 15.6. The number of rotatable bonds is 2. The van der Waals surface area contributed by atoms with Gasteiger partial charge in [-0.3, -0.25) is 9.78 Å². The molecule has 1 aromatic carbocycles. The van der Waals surface area contributed by atoms with E-state index in [1.165, 1.54) is 15.3 Å². The lowest BCUT2D eigenvalue weighted by molar-refractivity contribution is -0.120. The molecule has 4 heterocycles. The zero-order chi connectivity index (χ0) is 19.8. The molecule has 9 nitrogen and oxygen atoms in total. The molecule has 10 heteroatoms. The lowest BCUT2D eigenvalue weighted by Gasteiger charge is -2.33. The highest BCUT2D eigenvalue weighted by molar-refractivity contribution is 7.88. The normalized spacial score (nSPS) is 26.9. The standard InChI is InChI=1S/C18H15N5O4S/c1-28(26,27)21-9-11-7-14(21)16-17(24)23(18(25)22(11)16)13-5-4-10(8-19)15-12(13)3-2-6-20-15/h2-6,11,14,16H,7,9H2,1H3/t11-,14?,16+/m1/s1. The molecular weight excluding hydrogens is 382 g/mol. The van der Waals surface area contributed by atoms with Gasteiger partial charge in [-0.05, 0) is 30.7 Å². The lowest BCUT2D eigenvalue weighted by atomic mass is 10.1. The number of benzene rings is 1. The maximum Gasteiger partial charge on any atom is 0.332 e. The Morgan fingerprint density at radius 3 is 2.75 bits per heavy atom. The first kappa shape index (κ1) is 17.1. The highest BCUT2D eigenvalue weighted by Crippen LogP contribution is 2.44. The summed E-state index contributed by atoms with van der Waals surface area (Å²) < 4.78 is 25.4. The van der Waals surface area contributed by atoms with E-state index in [1.807, 2.05) is 0 Å². The van der Waals surface area contributed by atoms with Gasteiger partial charge >= 0.3 is 6.03 Å². The number of sulfonamides is 1. The minimum absolute atomic E-state index is 0.211. The molecule has 3 amide bonds. The van der Waals surface area contributed by atoms with Gasteiger partial charge in [-0.25, -0.2) is 18.1 Å². The Bertz CT molecular complexity index is 1200. The van der Waals surface area contributed by atoms with Crippen LogP contribution in [0, 0.1) is 11.3 Å². The van der Waals surface area contributed by atoms with Gasteiger partial charge in [0.2, 0.25) is 10.0 Å². The number of hydrogen-bond acceptors (Lipinski definition) is 6. The molecule has 0 N–H and O–H groups in total. The maximum absolute atomic E-state index is 13.2. The number of carbonyl (C=O) groups is 2. The highest BCUT2D eigenvalue weighted by atomic mass is 32.2. The van der Waals surface area contributed by atoms with Crippen molar-refractivity contribution < 1.29 is 18.0 Å². The number of urea groups is 1. The molecule has 1 unspecified atom stereocenters. The third-order valence-corrected chi connectivity index (χ3v) is 7.02. The Kier molecular flexibility index (Phi) is 3.36. The van der Waals surface area contributed by atoms with Gasteiger partial charge in [0.15, 0.2) is 0 Å². The maximum atomic E-state index is 13.2. The molecule has 5 rings (SSSR count). The van der Waals surface area contributed by atoms with Gasteiger partial charge in [-0.15, -0.1) is 0 Å². The van der Waals surface area contributed by atoms with Crippen molar-refractivity contribution in [3.63, 3.8) is 0 Å². The largest absolute Gasteiger partial charge is 0.332 e. The molecule has 1 aromatic heterocycles. The Balaban J connectivity index is 1.62. The summed E-state index contributed by atoms with van der Waals surface area (Å²) in [5.74, 6) is -0.444. The molecule has 0 saturated carbocycles. The second-order valence-electron chi connectivity index (χ2n) is 7.24. The van der Waals surface area contributed by atoms with Crippen molar-refractivity contribution in [3.8, 4) is 6.07 Å². The number of piperazine rings is 1. The van der Waals surface area contributed by atoms with Crippen molar-refractivity contribution in [2.75, 3.05) is 17.7 Å². The summed E-state index contributed by atoms with van der Waals surface area (Å²) in [6.07, 6.45) is 3.14. The minimum Gasteiger partial charge on any atom is -0.306 e. The summed E-state index contributed by atoms with van der Waals surface area (Å²) in [4.78, 5) is 33.2. The zero-order valence-electron chi connectivity index (χ0n) is 14.8. The van der Waals surface area contributed by atoms with Crippen molar-refractivity contribution in [1.82, 2.24) is 14.2 Å². The summed E-state index contributed by atoms with van der Waals surface area (Å²) in [5, 5.41) is 9.83. The van der Waals surface area contributed by atoms with Crippen LogP contribution in [0.4, 0.5) is 10.5 Å². The molecule has 28 heavy (non-hydrogen) atoms. The predicted molar refractivity (Wildman–Crippen MR) is 98.7 cm³/mol. The summed E-state index contributed by atoms with van der Waals surface area (Å²) >= 11 is 0. The molecule has 2 aromatic rings. The van der Waals surface area contributed by atoms with Crippen LogP contribution in [0.25, 0.3) is 10.9 Å². The van der Waals surface area contributed by atoms with E-state index in [-0.39, 0.29) is 12.6 Å². The van der Waals surface area contributed by atoms with E-state index in [1.54, 1.807) is 24.4 Å². The van der Waals surface area contributed by atoms with Crippen LogP contribution in [0.3, 0.4) is 0 Å². The van der Waals surface area contributed by atoms with Gasteiger partial charge in [0.1, 0.15) is 12.1 Å². The number of hydrogen-bond donors (Lipinski definition) is 0. The summed E-state index contributed by atoms with van der Waals surface area (Å²) in [6.45, 7) is 0.211. The topological polar surface area (TPSA) is 115 Å². The van der Waals surface area contributed by atoms with Crippen LogP contribution < -0.4 is 4.90 Å². The van der Waals surface area contributed by atoms with E-state index in [4.69, 9.17) is 0 Å². The number of aromatic nitrogens is 1. The fourth-order valence-electron chi connectivity index (χ4n) is 4.66. The molecular formula is C18H15N5O4S. The second-order valence-corrected chi connectivity index (χ2v) is 9.18. The van der Waals surface area contributed by atoms with Crippen molar-refractivity contribution >= 4 is 38.6 Å². The molecule has 3 atom stereocenters. The van der Waals surface area contributed by atoms with Gasteiger partial charge in [0.25, 0.3) is 5.91 Å². The van der Waals surface area contributed by atoms with Crippen LogP contribution in [0.5, 0.6) is 0 Å². The first-order chi connectivity index (χ1) is 13.3. The van der Waals surface area contributed by atoms with Gasteiger partial charge < -0.3 is 4.90 Å². The molecule has 142 valence electrons. The molecule has 3 fully saturated rings. The summed E-state index contributed by atoms with van der Waals surface area (Å²) in [5.41, 5.74) is 1.12. The summed E-state index contributed by atoms with van der Waals surface area (Å²) in [6, 6.07) is 6.43. The number of anilines is 1. The fraction of sp³-hybridized carbons (Fsp3) is 0.333. The molecule has 3 saturated heterocycles. The van der Waals surface area contributed by atoms with E-state index in [0.717, 1.165) is 11.2 Å². The number of imide groups is 1. The Hall–Kier alpha value is -3.03. The van der Waals surface area contributed by atoms with Gasteiger partial charge in [0, 0.05) is 24.2 Å². The highest BCUT2D eigenvalue weighted by Gasteiger charge is 2.63. The fourth-order valence-corrected chi connectivity index (χ4v) is 5.80. The number of amides is 3. The van der Waals surface area contributed by atoms with Gasteiger partial charge in [-0.1, -0.05) is 0 Å². The Morgan fingerprint density at radius 2 is 2.04 bits per heavy atom. The average molecular weight is 397 g/mol. The lowest BCUT2D eigenvalue weighted by Crippen LogP contribution is -2.54. The van der Waals surface area contributed by atoms with Crippen molar-refractivity contribution in [1.29, 1.82) is 5.26 Å². The van der Waals surface area contributed by atoms with E-state index in [9.17, 15) is 23.3 Å². The van der Waals surface area contributed by atoms with Crippen molar-refractivity contribution in [2.24, 2.45) is 0 Å². The van der Waals surface area contributed by atoms with E-state index < -0.39 is 34.0 Å². The Morgan fingerprint density at radius 1 is 1.25 bits per heavy atom. The van der Waals surface area contributed by atoms with Crippen LogP contribution in [-0.4, -0.2) is 65.5 Å². The van der Waals surface area contributed by atoms with Gasteiger partial charge in [0.05, 0.1) is 29.1 Å². The molecule has 2 bridgehead atoms. The van der Waals surface area contributed by atoms with Crippen LogP contribution >= 0.6 is 0 Å². The Labute approximate surface area is 160 Å². The number of carbonyl (C=O) groups excluding carboxylic acids is 2. The van der Waals surface area contributed by atoms with E-state index in [2.05, 4.69) is 11.1 Å². The first-order valence-electron chi connectivity index (χ1n) is 8.74. The number of nitriles is 1. The van der Waals surface area contributed by atoms with Crippen LogP contribution in [0.15, 0.2) is 30.5 Å². The number of fused-ring (bicyclic) bond motifs is 6. The SMILES string of the molecule is CS(=O)(=O)N1C[C@H]2CC1[C@H]1C(=O)N(c3ccc(C#N)c4ncccc34)C(=O)N21. The van der Waals surface area contributed by atoms with E-state index >= 15 is 0 Å². The average Bonchev–Trinajstić information content (AvgIpc) is 3.33. The molecule has 3 aliphatic rings. The smallest absolute Gasteiger partial charge is 0.306 e. The molecule has 0 aliphatic carbocycles. The van der Waals surface area contributed by atoms with Crippen molar-refractivity contribution in [2.45, 2.75) is 24.5 Å². The molecule has 3 aliphatic heterocycles. The quantitative estimate of drug-likeness (QED) is 0.688.